The molecular formula is C22H30N6O3S. The van der Waals surface area contributed by atoms with Gasteiger partial charge in [0.1, 0.15) is 11.8 Å². The SMILES string of the molecule is CCCSc1nc(N[C@@H]2C[C@H]2c2ccccc2)c2c(n1)N([C@@H]1C[C@H](CO)[C@@H](O)[C@H]1O)NN2. The third kappa shape index (κ3) is 4.01. The number of nitrogens with one attached hydrogen (secondary N) is 3. The van der Waals surface area contributed by atoms with Crippen LogP contribution in [-0.2, 0) is 0 Å². The molecule has 2 aromatic rings. The summed E-state index contributed by atoms with van der Waals surface area (Å²) in [6.45, 7) is 1.95. The van der Waals surface area contributed by atoms with Gasteiger partial charge in [0.2, 0.25) is 0 Å². The number of aliphatic hydroxyl groups is 3. The molecule has 1 aromatic carbocycles. The smallest absolute Gasteiger partial charge is 0.191 e. The summed E-state index contributed by atoms with van der Waals surface area (Å²) in [4.78, 5) is 9.53. The number of thioether (sulfide) groups is 1. The lowest BCUT2D eigenvalue weighted by molar-refractivity contribution is 0.00176. The van der Waals surface area contributed by atoms with E-state index in [1.54, 1.807) is 16.8 Å². The summed E-state index contributed by atoms with van der Waals surface area (Å²) in [5, 5.41) is 36.5. The Morgan fingerprint density at radius 3 is 2.69 bits per heavy atom. The van der Waals surface area contributed by atoms with Gasteiger partial charge in [0.25, 0.3) is 0 Å². The monoisotopic (exact) mass is 458 g/mol. The van der Waals surface area contributed by atoms with Gasteiger partial charge in [-0.3, -0.25) is 10.4 Å². The summed E-state index contributed by atoms with van der Waals surface area (Å²) in [5.41, 5.74) is 8.31. The number of hydrazine groups is 2. The van der Waals surface area contributed by atoms with Crippen molar-refractivity contribution < 1.29 is 15.3 Å². The summed E-state index contributed by atoms with van der Waals surface area (Å²) >= 11 is 1.60. The molecule has 1 aromatic heterocycles. The first-order chi connectivity index (χ1) is 15.6. The fourth-order valence-electron chi connectivity index (χ4n) is 4.62. The van der Waals surface area contributed by atoms with Gasteiger partial charge in [-0.05, 0) is 24.8 Å². The molecule has 2 aliphatic carbocycles. The molecule has 32 heavy (non-hydrogen) atoms. The average Bonchev–Trinajstić information content (AvgIpc) is 3.36. The zero-order chi connectivity index (χ0) is 22.2. The van der Waals surface area contributed by atoms with E-state index in [-0.39, 0.29) is 12.5 Å². The molecule has 0 bridgehead atoms. The number of aromatic nitrogens is 2. The van der Waals surface area contributed by atoms with E-state index < -0.39 is 18.2 Å². The van der Waals surface area contributed by atoms with Crippen LogP contribution in [0.2, 0.25) is 0 Å². The van der Waals surface area contributed by atoms with Crippen molar-refractivity contribution in [3.05, 3.63) is 35.9 Å². The normalized spacial score (nSPS) is 30.8. The summed E-state index contributed by atoms with van der Waals surface area (Å²) in [5.74, 6) is 2.38. The third-order valence-electron chi connectivity index (χ3n) is 6.51. The quantitative estimate of drug-likeness (QED) is 0.257. The lowest BCUT2D eigenvalue weighted by atomic mass is 10.1. The number of rotatable bonds is 8. The zero-order valence-electron chi connectivity index (χ0n) is 18.0. The Bertz CT molecular complexity index is 951. The van der Waals surface area contributed by atoms with E-state index in [9.17, 15) is 15.3 Å². The van der Waals surface area contributed by atoms with Gasteiger partial charge in [-0.25, -0.2) is 9.97 Å². The van der Waals surface area contributed by atoms with Crippen molar-refractivity contribution in [2.75, 3.05) is 28.1 Å². The summed E-state index contributed by atoms with van der Waals surface area (Å²) in [6, 6.07) is 10.4. The number of nitrogens with zero attached hydrogens (tertiary/aromatic N) is 3. The minimum absolute atomic E-state index is 0.167. The number of anilines is 3. The molecule has 1 aliphatic heterocycles. The van der Waals surface area contributed by atoms with E-state index in [4.69, 9.17) is 9.97 Å². The molecule has 3 aliphatic rings. The second-order valence-corrected chi connectivity index (χ2v) is 9.80. The van der Waals surface area contributed by atoms with Crippen molar-refractivity contribution in [1.82, 2.24) is 15.5 Å². The van der Waals surface area contributed by atoms with Gasteiger partial charge in [-0.1, -0.05) is 49.0 Å². The van der Waals surface area contributed by atoms with Crippen molar-refractivity contribution in [2.45, 2.75) is 61.6 Å². The van der Waals surface area contributed by atoms with E-state index in [0.717, 1.165) is 30.1 Å². The molecule has 2 heterocycles. The number of hydrogen-bond acceptors (Lipinski definition) is 10. The largest absolute Gasteiger partial charge is 0.396 e. The predicted molar refractivity (Wildman–Crippen MR) is 124 cm³/mol. The minimum atomic E-state index is -0.989. The zero-order valence-corrected chi connectivity index (χ0v) is 18.8. The van der Waals surface area contributed by atoms with Crippen molar-refractivity contribution in [1.29, 1.82) is 0 Å². The lowest BCUT2D eigenvalue weighted by Crippen LogP contribution is -2.49. The molecule has 6 N–H and O–H groups in total. The van der Waals surface area contributed by atoms with Gasteiger partial charge in [0.15, 0.2) is 16.8 Å². The Hall–Kier alpha value is -2.11. The van der Waals surface area contributed by atoms with Gasteiger partial charge in [-0.2, -0.15) is 0 Å². The molecule has 2 saturated carbocycles. The van der Waals surface area contributed by atoms with Crippen LogP contribution >= 0.6 is 11.8 Å². The van der Waals surface area contributed by atoms with Gasteiger partial charge >= 0.3 is 0 Å². The average molecular weight is 459 g/mol. The maximum absolute atomic E-state index is 10.6. The molecule has 6 atom stereocenters. The van der Waals surface area contributed by atoms with E-state index >= 15 is 0 Å². The first-order valence-corrected chi connectivity index (χ1v) is 12.2. The highest BCUT2D eigenvalue weighted by atomic mass is 32.2. The molecule has 2 fully saturated rings. The molecule has 5 rings (SSSR count). The fourth-order valence-corrected chi connectivity index (χ4v) is 5.32. The van der Waals surface area contributed by atoms with Gasteiger partial charge in [0.05, 0.1) is 12.1 Å². The van der Waals surface area contributed by atoms with E-state index in [0.29, 0.717) is 29.4 Å². The summed E-state index contributed by atoms with van der Waals surface area (Å²) in [6.07, 6.45) is 0.552. The fraction of sp³-hybridized carbons (Fsp3) is 0.545. The highest BCUT2D eigenvalue weighted by Crippen LogP contribution is 2.46. The molecule has 0 spiro atoms. The Labute approximate surface area is 191 Å². The van der Waals surface area contributed by atoms with Crippen molar-refractivity contribution >= 4 is 29.1 Å². The van der Waals surface area contributed by atoms with E-state index in [1.165, 1.54) is 5.56 Å². The standard InChI is InChI=1S/C22H30N6O3S/c1-2-8-32-22-24-20(23-15-10-14(15)12-6-4-3-5-7-12)17-21(25-22)28(27-26-17)16-9-13(11-29)18(30)19(16)31/h3-7,13-16,18-19,26-27,29-31H,2,8-11H2,1H3,(H,23,24,25)/t13-,14+,15-,16-,18-,19+/m1/s1. The Morgan fingerprint density at radius 1 is 1.16 bits per heavy atom. The molecule has 0 saturated heterocycles. The summed E-state index contributed by atoms with van der Waals surface area (Å²) in [7, 11) is 0. The molecule has 10 heteroatoms. The van der Waals surface area contributed by atoms with Crippen LogP contribution in [0, 0.1) is 5.92 Å². The van der Waals surface area contributed by atoms with Gasteiger partial charge in [0, 0.05) is 30.2 Å². The van der Waals surface area contributed by atoms with Crippen LogP contribution in [0.5, 0.6) is 0 Å². The topological polar surface area (TPSA) is 126 Å². The number of fused-ring (bicyclic) bond motifs is 1. The highest BCUT2D eigenvalue weighted by Gasteiger charge is 2.47. The number of hydrogen-bond donors (Lipinski definition) is 6. The third-order valence-corrected chi connectivity index (χ3v) is 7.57. The lowest BCUT2D eigenvalue weighted by Gasteiger charge is -2.27. The van der Waals surface area contributed by atoms with Crippen LogP contribution in [0.15, 0.2) is 35.5 Å². The Kier molecular flexibility index (Phi) is 6.13. The Balaban J connectivity index is 1.40. The minimum Gasteiger partial charge on any atom is -0.396 e. The molecular weight excluding hydrogens is 428 g/mol. The molecule has 0 radical (unpaired) electrons. The second kappa shape index (κ2) is 9.03. The molecule has 9 nitrogen and oxygen atoms in total. The first kappa shape index (κ1) is 21.7. The Morgan fingerprint density at radius 2 is 1.97 bits per heavy atom. The van der Waals surface area contributed by atoms with Crippen molar-refractivity contribution in [3.63, 3.8) is 0 Å². The van der Waals surface area contributed by atoms with Gasteiger partial charge < -0.3 is 20.6 Å². The highest BCUT2D eigenvalue weighted by molar-refractivity contribution is 7.99. The van der Waals surface area contributed by atoms with E-state index in [1.807, 2.05) is 6.07 Å². The predicted octanol–water partition coefficient (Wildman–Crippen LogP) is 1.70. The molecule has 172 valence electrons. The maximum atomic E-state index is 10.6. The van der Waals surface area contributed by atoms with Crippen molar-refractivity contribution in [2.24, 2.45) is 5.92 Å². The number of aliphatic hydroxyl groups excluding tert-OH is 3. The number of benzene rings is 1. The van der Waals surface area contributed by atoms with Crippen LogP contribution < -0.4 is 21.3 Å². The summed E-state index contributed by atoms with van der Waals surface area (Å²) < 4.78 is 0. The van der Waals surface area contributed by atoms with Crippen LogP contribution in [-0.4, -0.2) is 61.9 Å². The molecule has 0 amide bonds. The van der Waals surface area contributed by atoms with Crippen LogP contribution in [0.3, 0.4) is 0 Å². The van der Waals surface area contributed by atoms with Crippen LogP contribution in [0.25, 0.3) is 0 Å². The van der Waals surface area contributed by atoms with Crippen LogP contribution in [0.1, 0.15) is 37.7 Å². The van der Waals surface area contributed by atoms with Gasteiger partial charge in [-0.15, -0.1) is 5.53 Å². The first-order valence-electron chi connectivity index (χ1n) is 11.2. The van der Waals surface area contributed by atoms with Crippen LogP contribution in [0.4, 0.5) is 17.3 Å². The maximum Gasteiger partial charge on any atom is 0.191 e. The molecule has 0 unspecified atom stereocenters. The van der Waals surface area contributed by atoms with Crippen molar-refractivity contribution in [3.8, 4) is 0 Å². The van der Waals surface area contributed by atoms with E-state index in [2.05, 4.69) is 47.5 Å². The second-order valence-electron chi connectivity index (χ2n) is 8.74.